The predicted octanol–water partition coefficient (Wildman–Crippen LogP) is 2.78. The lowest BCUT2D eigenvalue weighted by Crippen LogP contribution is -2.35. The van der Waals surface area contributed by atoms with Crippen LogP contribution in [0.15, 0.2) is 47.4 Å². The van der Waals surface area contributed by atoms with Crippen molar-refractivity contribution in [3.8, 4) is 5.75 Å². The van der Waals surface area contributed by atoms with E-state index in [1.165, 1.54) is 56.6 Å². The van der Waals surface area contributed by atoms with Crippen LogP contribution in [0.1, 0.15) is 17.3 Å². The van der Waals surface area contributed by atoms with Gasteiger partial charge in [0.2, 0.25) is 15.9 Å². The number of hydrogen-bond donors (Lipinski definition) is 1. The van der Waals surface area contributed by atoms with Gasteiger partial charge in [-0.1, -0.05) is 11.6 Å². The number of rotatable bonds is 8. The van der Waals surface area contributed by atoms with Crippen LogP contribution < -0.4 is 10.1 Å². The van der Waals surface area contributed by atoms with E-state index in [1.54, 1.807) is 6.92 Å². The number of ether oxygens (including phenoxy) is 2. The SMILES string of the molecule is CCOc1ccc(S(=O)(=O)N(C)CC(=O)Nc2ccc(C(=O)OC)cc2)cc1Cl. The zero-order valence-electron chi connectivity index (χ0n) is 16.1. The second kappa shape index (κ2) is 9.73. The number of anilines is 1. The smallest absolute Gasteiger partial charge is 0.337 e. The number of esters is 1. The Morgan fingerprint density at radius 2 is 1.79 bits per heavy atom. The molecular weight excluding hydrogens is 420 g/mol. The molecule has 1 amide bonds. The average Bonchev–Trinajstić information content (AvgIpc) is 2.69. The van der Waals surface area contributed by atoms with Gasteiger partial charge < -0.3 is 14.8 Å². The summed E-state index contributed by atoms with van der Waals surface area (Å²) in [6.45, 7) is 1.77. The van der Waals surface area contributed by atoms with Crippen LogP contribution in [0.2, 0.25) is 5.02 Å². The first-order valence-corrected chi connectivity index (χ1v) is 10.4. The third-order valence-electron chi connectivity index (χ3n) is 3.87. The molecule has 0 aliphatic rings. The number of hydrogen-bond acceptors (Lipinski definition) is 6. The molecule has 0 saturated carbocycles. The van der Waals surface area contributed by atoms with Crippen molar-refractivity contribution in [3.63, 3.8) is 0 Å². The zero-order valence-corrected chi connectivity index (χ0v) is 17.7. The number of methoxy groups -OCH3 is 1. The third kappa shape index (κ3) is 5.69. The third-order valence-corrected chi connectivity index (χ3v) is 5.96. The topological polar surface area (TPSA) is 102 Å². The second-order valence-electron chi connectivity index (χ2n) is 5.90. The van der Waals surface area contributed by atoms with Crippen LogP contribution in [0.3, 0.4) is 0 Å². The number of nitrogens with zero attached hydrogens (tertiary/aromatic N) is 1. The van der Waals surface area contributed by atoms with E-state index < -0.39 is 28.4 Å². The number of benzene rings is 2. The maximum Gasteiger partial charge on any atom is 0.337 e. The molecule has 156 valence electrons. The van der Waals surface area contributed by atoms with E-state index in [1.807, 2.05) is 0 Å². The Morgan fingerprint density at radius 1 is 1.14 bits per heavy atom. The Kier molecular flexibility index (Phi) is 7.60. The summed E-state index contributed by atoms with van der Waals surface area (Å²) in [7, 11) is -1.37. The van der Waals surface area contributed by atoms with E-state index >= 15 is 0 Å². The lowest BCUT2D eigenvalue weighted by atomic mass is 10.2. The largest absolute Gasteiger partial charge is 0.492 e. The predicted molar refractivity (Wildman–Crippen MR) is 109 cm³/mol. The second-order valence-corrected chi connectivity index (χ2v) is 8.36. The molecule has 2 rings (SSSR count). The maximum absolute atomic E-state index is 12.7. The van der Waals surface area contributed by atoms with Gasteiger partial charge in [0, 0.05) is 12.7 Å². The number of halogens is 1. The number of carbonyl (C=O) groups excluding carboxylic acids is 2. The van der Waals surface area contributed by atoms with Crippen molar-refractivity contribution >= 4 is 39.2 Å². The molecule has 0 fully saturated rings. The first-order valence-electron chi connectivity index (χ1n) is 8.56. The lowest BCUT2D eigenvalue weighted by Gasteiger charge is -2.17. The van der Waals surface area contributed by atoms with Gasteiger partial charge in [0.15, 0.2) is 0 Å². The Hall–Kier alpha value is -2.62. The van der Waals surface area contributed by atoms with Gasteiger partial charge >= 0.3 is 5.97 Å². The highest BCUT2D eigenvalue weighted by molar-refractivity contribution is 7.89. The first-order chi connectivity index (χ1) is 13.7. The van der Waals surface area contributed by atoms with Gasteiger partial charge in [0.05, 0.1) is 35.7 Å². The highest BCUT2D eigenvalue weighted by Crippen LogP contribution is 2.28. The van der Waals surface area contributed by atoms with Gasteiger partial charge in [-0.05, 0) is 49.4 Å². The molecule has 8 nitrogen and oxygen atoms in total. The van der Waals surface area contributed by atoms with Crippen LogP contribution in [-0.4, -0.2) is 51.9 Å². The molecule has 0 aliphatic carbocycles. The average molecular weight is 441 g/mol. The molecule has 0 spiro atoms. The molecule has 0 aliphatic heterocycles. The van der Waals surface area contributed by atoms with Crippen molar-refractivity contribution in [3.05, 3.63) is 53.1 Å². The molecular formula is C19H21ClN2O6S. The van der Waals surface area contributed by atoms with Crippen molar-refractivity contribution in [1.29, 1.82) is 0 Å². The molecule has 0 radical (unpaired) electrons. The van der Waals surface area contributed by atoms with E-state index in [2.05, 4.69) is 10.1 Å². The van der Waals surface area contributed by atoms with Crippen molar-refractivity contribution in [2.75, 3.05) is 32.6 Å². The minimum Gasteiger partial charge on any atom is -0.492 e. The normalized spacial score (nSPS) is 11.2. The summed E-state index contributed by atoms with van der Waals surface area (Å²) in [5, 5.41) is 2.74. The molecule has 0 unspecified atom stereocenters. The Bertz CT molecular complexity index is 992. The van der Waals surface area contributed by atoms with Gasteiger partial charge in [-0.25, -0.2) is 13.2 Å². The van der Waals surface area contributed by atoms with Crippen molar-refractivity contribution < 1.29 is 27.5 Å². The van der Waals surface area contributed by atoms with Crippen LogP contribution in [0.4, 0.5) is 5.69 Å². The molecule has 2 aromatic carbocycles. The highest BCUT2D eigenvalue weighted by Gasteiger charge is 2.24. The Morgan fingerprint density at radius 3 is 2.34 bits per heavy atom. The number of amides is 1. The van der Waals surface area contributed by atoms with E-state index in [4.69, 9.17) is 16.3 Å². The number of likely N-dealkylation sites (N-methyl/N-ethyl adjacent to an activating group) is 1. The quantitative estimate of drug-likeness (QED) is 0.633. The van der Waals surface area contributed by atoms with Gasteiger partial charge in [0.1, 0.15) is 5.75 Å². The van der Waals surface area contributed by atoms with Gasteiger partial charge in [-0.3, -0.25) is 4.79 Å². The van der Waals surface area contributed by atoms with Gasteiger partial charge in [-0.2, -0.15) is 4.31 Å². The fourth-order valence-corrected chi connectivity index (χ4v) is 3.84. The summed E-state index contributed by atoms with van der Waals surface area (Å²) in [4.78, 5) is 23.6. The fraction of sp³-hybridized carbons (Fsp3) is 0.263. The minimum absolute atomic E-state index is 0.0521. The van der Waals surface area contributed by atoms with E-state index in [0.717, 1.165) is 4.31 Å². The summed E-state index contributed by atoms with van der Waals surface area (Å²) in [6, 6.07) is 10.1. The molecule has 2 aromatic rings. The zero-order chi connectivity index (χ0) is 21.6. The molecule has 29 heavy (non-hydrogen) atoms. The van der Waals surface area contributed by atoms with Crippen molar-refractivity contribution in [1.82, 2.24) is 4.31 Å². The van der Waals surface area contributed by atoms with Crippen LogP contribution in [0, 0.1) is 0 Å². The van der Waals surface area contributed by atoms with E-state index in [-0.39, 0.29) is 9.92 Å². The molecule has 0 saturated heterocycles. The van der Waals surface area contributed by atoms with Crippen LogP contribution in [0.25, 0.3) is 0 Å². The summed E-state index contributed by atoms with van der Waals surface area (Å²) in [5.74, 6) is -0.662. The number of sulfonamides is 1. The van der Waals surface area contributed by atoms with Crippen LogP contribution in [-0.2, 0) is 19.6 Å². The first kappa shape index (κ1) is 22.7. The lowest BCUT2D eigenvalue weighted by molar-refractivity contribution is -0.116. The van der Waals surface area contributed by atoms with Crippen LogP contribution >= 0.6 is 11.6 Å². The summed E-state index contributed by atoms with van der Waals surface area (Å²) >= 11 is 6.06. The van der Waals surface area contributed by atoms with E-state index in [9.17, 15) is 18.0 Å². The summed E-state index contributed by atoms with van der Waals surface area (Å²) in [6.07, 6.45) is 0. The van der Waals surface area contributed by atoms with Crippen LogP contribution in [0.5, 0.6) is 5.75 Å². The molecule has 0 atom stereocenters. The van der Waals surface area contributed by atoms with Crippen molar-refractivity contribution in [2.45, 2.75) is 11.8 Å². The minimum atomic E-state index is -3.93. The van der Waals surface area contributed by atoms with E-state index in [0.29, 0.717) is 23.6 Å². The van der Waals surface area contributed by atoms with Gasteiger partial charge in [-0.15, -0.1) is 0 Å². The van der Waals surface area contributed by atoms with Crippen molar-refractivity contribution in [2.24, 2.45) is 0 Å². The summed E-state index contributed by atoms with van der Waals surface area (Å²) < 4.78 is 36.2. The van der Waals surface area contributed by atoms with Gasteiger partial charge in [0.25, 0.3) is 0 Å². The highest BCUT2D eigenvalue weighted by atomic mass is 35.5. The Labute approximate surface area is 174 Å². The molecule has 0 bridgehead atoms. The molecule has 10 heteroatoms. The Balaban J connectivity index is 2.06. The molecule has 1 N–H and O–H groups in total. The fourth-order valence-electron chi connectivity index (χ4n) is 2.39. The number of nitrogens with one attached hydrogen (secondary N) is 1. The monoisotopic (exact) mass is 440 g/mol. The molecule has 0 aromatic heterocycles. The summed E-state index contributed by atoms with van der Waals surface area (Å²) in [5.41, 5.74) is 0.745. The maximum atomic E-state index is 12.7. The molecule has 0 heterocycles. The number of carbonyl (C=O) groups is 2. The standard InChI is InChI=1S/C19H21ClN2O6S/c1-4-28-17-10-9-15(11-16(17)20)29(25,26)22(2)12-18(23)21-14-7-5-13(6-8-14)19(24)27-3/h5-11H,4,12H2,1-3H3,(H,21,23).